The molecule has 0 heterocycles. The molecule has 0 spiro atoms. The summed E-state index contributed by atoms with van der Waals surface area (Å²) in [6.07, 6.45) is 0. The molecular weight excluding hydrogens is 307 g/mol. The van der Waals surface area contributed by atoms with E-state index in [1.807, 2.05) is 0 Å². The van der Waals surface area contributed by atoms with Crippen molar-refractivity contribution in [3.05, 3.63) is 64.4 Å². The molecule has 0 saturated heterocycles. The topological polar surface area (TPSA) is 58.2 Å². The first kappa shape index (κ1) is 16.0. The van der Waals surface area contributed by atoms with Gasteiger partial charge in [-0.15, -0.1) is 0 Å². The molecule has 0 bridgehead atoms. The van der Waals surface area contributed by atoms with Gasteiger partial charge in [0, 0.05) is 17.3 Å². The summed E-state index contributed by atoms with van der Waals surface area (Å²) in [5, 5.41) is 5.43. The Bertz CT molecular complexity index is 719. The van der Waals surface area contributed by atoms with Gasteiger partial charge in [0.15, 0.2) is 0 Å². The van der Waals surface area contributed by atoms with Crippen LogP contribution in [0.3, 0.4) is 0 Å². The number of carbonyl (C=O) groups excluding carboxylic acids is 2. The molecule has 114 valence electrons. The van der Waals surface area contributed by atoms with Crippen molar-refractivity contribution in [3.8, 4) is 0 Å². The SMILES string of the molecule is Cc1cc(F)ccc1NC(=O)C(=O)NCc1ccccc1Cl. The number of carbonyl (C=O) groups is 2. The third-order valence-corrected chi connectivity index (χ3v) is 3.41. The van der Waals surface area contributed by atoms with Crippen LogP contribution in [0.4, 0.5) is 10.1 Å². The maximum atomic E-state index is 13.0. The number of nitrogens with one attached hydrogen (secondary N) is 2. The molecule has 0 unspecified atom stereocenters. The van der Waals surface area contributed by atoms with Gasteiger partial charge < -0.3 is 10.6 Å². The number of hydrogen-bond acceptors (Lipinski definition) is 2. The molecule has 0 aliphatic rings. The molecule has 2 N–H and O–H groups in total. The molecule has 0 atom stereocenters. The fourth-order valence-corrected chi connectivity index (χ4v) is 2.05. The molecule has 0 aromatic heterocycles. The van der Waals surface area contributed by atoms with Crippen molar-refractivity contribution in [1.82, 2.24) is 5.32 Å². The second-order valence-corrected chi connectivity index (χ2v) is 5.09. The highest BCUT2D eigenvalue weighted by Crippen LogP contribution is 2.16. The third kappa shape index (κ3) is 4.05. The van der Waals surface area contributed by atoms with Gasteiger partial charge in [0.1, 0.15) is 5.82 Å². The number of hydrogen-bond donors (Lipinski definition) is 2. The molecule has 0 radical (unpaired) electrons. The lowest BCUT2D eigenvalue weighted by molar-refractivity contribution is -0.136. The normalized spacial score (nSPS) is 10.1. The average molecular weight is 321 g/mol. The van der Waals surface area contributed by atoms with E-state index in [0.29, 0.717) is 21.8 Å². The Morgan fingerprint density at radius 2 is 1.86 bits per heavy atom. The molecule has 0 aliphatic heterocycles. The molecule has 2 aromatic carbocycles. The number of halogens is 2. The highest BCUT2D eigenvalue weighted by atomic mass is 35.5. The van der Waals surface area contributed by atoms with Gasteiger partial charge in [0.25, 0.3) is 0 Å². The molecule has 2 aromatic rings. The van der Waals surface area contributed by atoms with Crippen LogP contribution in [-0.4, -0.2) is 11.8 Å². The van der Waals surface area contributed by atoms with Crippen LogP contribution in [0.1, 0.15) is 11.1 Å². The van der Waals surface area contributed by atoms with E-state index in [0.717, 1.165) is 0 Å². The number of aryl methyl sites for hydroxylation is 1. The van der Waals surface area contributed by atoms with E-state index in [9.17, 15) is 14.0 Å². The van der Waals surface area contributed by atoms with Crippen molar-refractivity contribution in [3.63, 3.8) is 0 Å². The zero-order valence-electron chi connectivity index (χ0n) is 11.8. The van der Waals surface area contributed by atoms with E-state index in [1.54, 1.807) is 31.2 Å². The number of benzene rings is 2. The summed E-state index contributed by atoms with van der Waals surface area (Å²) in [4.78, 5) is 23.6. The molecule has 0 saturated carbocycles. The van der Waals surface area contributed by atoms with Crippen LogP contribution in [0, 0.1) is 12.7 Å². The Kier molecular flexibility index (Phi) is 5.12. The Morgan fingerprint density at radius 3 is 2.55 bits per heavy atom. The average Bonchev–Trinajstić information content (AvgIpc) is 2.49. The Hall–Kier alpha value is -2.40. The second-order valence-electron chi connectivity index (χ2n) is 4.69. The van der Waals surface area contributed by atoms with Crippen LogP contribution in [0.25, 0.3) is 0 Å². The van der Waals surface area contributed by atoms with Gasteiger partial charge >= 0.3 is 11.8 Å². The fraction of sp³-hybridized carbons (Fsp3) is 0.125. The second kappa shape index (κ2) is 7.04. The zero-order chi connectivity index (χ0) is 16.1. The van der Waals surface area contributed by atoms with Gasteiger partial charge in [0.05, 0.1) is 0 Å². The minimum absolute atomic E-state index is 0.147. The number of rotatable bonds is 3. The van der Waals surface area contributed by atoms with Crippen molar-refractivity contribution in [2.45, 2.75) is 13.5 Å². The van der Waals surface area contributed by atoms with Gasteiger partial charge in [-0.25, -0.2) is 4.39 Å². The molecule has 2 amide bonds. The maximum absolute atomic E-state index is 13.0. The van der Waals surface area contributed by atoms with Crippen LogP contribution >= 0.6 is 11.6 Å². The van der Waals surface area contributed by atoms with E-state index in [2.05, 4.69) is 10.6 Å². The minimum Gasteiger partial charge on any atom is -0.344 e. The summed E-state index contributed by atoms with van der Waals surface area (Å²) in [5.41, 5.74) is 1.63. The lowest BCUT2D eigenvalue weighted by atomic mass is 10.2. The first-order chi connectivity index (χ1) is 10.5. The first-order valence-corrected chi connectivity index (χ1v) is 6.94. The van der Waals surface area contributed by atoms with E-state index in [4.69, 9.17) is 11.6 Å². The molecule has 4 nitrogen and oxygen atoms in total. The molecule has 6 heteroatoms. The standard InChI is InChI=1S/C16H14ClFN2O2/c1-10-8-12(18)6-7-14(10)20-16(22)15(21)19-9-11-4-2-3-5-13(11)17/h2-8H,9H2,1H3,(H,19,21)(H,20,22). The van der Waals surface area contributed by atoms with E-state index < -0.39 is 17.6 Å². The lowest BCUT2D eigenvalue weighted by Crippen LogP contribution is -2.35. The molecule has 2 rings (SSSR count). The molecular formula is C16H14ClFN2O2. The van der Waals surface area contributed by atoms with Crippen LogP contribution in [0.5, 0.6) is 0 Å². The van der Waals surface area contributed by atoms with Crippen LogP contribution < -0.4 is 10.6 Å². The summed E-state index contributed by atoms with van der Waals surface area (Å²) in [6, 6.07) is 10.9. The van der Waals surface area contributed by atoms with Crippen LogP contribution in [0.2, 0.25) is 5.02 Å². The van der Waals surface area contributed by atoms with Crippen LogP contribution in [0.15, 0.2) is 42.5 Å². The predicted molar refractivity (Wildman–Crippen MR) is 83.1 cm³/mol. The highest BCUT2D eigenvalue weighted by Gasteiger charge is 2.15. The third-order valence-electron chi connectivity index (χ3n) is 3.04. The van der Waals surface area contributed by atoms with Crippen LogP contribution in [-0.2, 0) is 16.1 Å². The Morgan fingerprint density at radius 1 is 1.14 bits per heavy atom. The van der Waals surface area contributed by atoms with Crippen molar-refractivity contribution < 1.29 is 14.0 Å². The smallest absolute Gasteiger partial charge is 0.313 e. The Labute approximate surface area is 132 Å². The summed E-state index contributed by atoms with van der Waals surface area (Å²) >= 11 is 5.97. The quantitative estimate of drug-likeness (QED) is 0.854. The molecule has 0 fully saturated rings. The van der Waals surface area contributed by atoms with Crippen molar-refractivity contribution in [1.29, 1.82) is 0 Å². The summed E-state index contributed by atoms with van der Waals surface area (Å²) in [7, 11) is 0. The lowest BCUT2D eigenvalue weighted by Gasteiger charge is -2.09. The monoisotopic (exact) mass is 320 g/mol. The molecule has 0 aliphatic carbocycles. The molecule has 22 heavy (non-hydrogen) atoms. The van der Waals surface area contributed by atoms with Gasteiger partial charge in [0.2, 0.25) is 0 Å². The van der Waals surface area contributed by atoms with E-state index >= 15 is 0 Å². The summed E-state index contributed by atoms with van der Waals surface area (Å²) in [5.74, 6) is -2.01. The van der Waals surface area contributed by atoms with Gasteiger partial charge in [-0.05, 0) is 42.3 Å². The van der Waals surface area contributed by atoms with Crippen molar-refractivity contribution in [2.24, 2.45) is 0 Å². The van der Waals surface area contributed by atoms with E-state index in [-0.39, 0.29) is 6.54 Å². The number of amides is 2. The highest BCUT2D eigenvalue weighted by molar-refractivity contribution is 6.39. The van der Waals surface area contributed by atoms with Gasteiger partial charge in [-0.2, -0.15) is 0 Å². The maximum Gasteiger partial charge on any atom is 0.313 e. The van der Waals surface area contributed by atoms with Gasteiger partial charge in [-0.3, -0.25) is 9.59 Å². The summed E-state index contributed by atoms with van der Waals surface area (Å²) in [6.45, 7) is 1.79. The summed E-state index contributed by atoms with van der Waals surface area (Å²) < 4.78 is 13.0. The zero-order valence-corrected chi connectivity index (χ0v) is 12.6. The predicted octanol–water partition coefficient (Wildman–Crippen LogP) is 3.04. The fourth-order valence-electron chi connectivity index (χ4n) is 1.84. The number of anilines is 1. The first-order valence-electron chi connectivity index (χ1n) is 6.56. The Balaban J connectivity index is 1.95. The van der Waals surface area contributed by atoms with Crippen molar-refractivity contribution >= 4 is 29.1 Å². The van der Waals surface area contributed by atoms with E-state index in [1.165, 1.54) is 18.2 Å². The van der Waals surface area contributed by atoms with Crippen molar-refractivity contribution in [2.75, 3.05) is 5.32 Å². The van der Waals surface area contributed by atoms with Gasteiger partial charge in [-0.1, -0.05) is 29.8 Å². The largest absolute Gasteiger partial charge is 0.344 e. The minimum atomic E-state index is -0.818.